The van der Waals surface area contributed by atoms with Crippen molar-refractivity contribution in [1.29, 1.82) is 0 Å². The van der Waals surface area contributed by atoms with E-state index in [-0.39, 0.29) is 24.5 Å². The molecule has 0 bridgehead atoms. The van der Waals surface area contributed by atoms with Gasteiger partial charge in [-0.1, -0.05) is 12.0 Å². The van der Waals surface area contributed by atoms with Crippen molar-refractivity contribution in [1.82, 2.24) is 24.6 Å². The highest BCUT2D eigenvalue weighted by Gasteiger charge is 2.60. The lowest BCUT2D eigenvalue weighted by Crippen LogP contribution is -2.47. The molecule has 2 aliphatic heterocycles. The van der Waals surface area contributed by atoms with Gasteiger partial charge in [-0.2, -0.15) is 9.97 Å². The molecule has 32 heavy (non-hydrogen) atoms. The predicted molar refractivity (Wildman–Crippen MR) is 114 cm³/mol. The first-order chi connectivity index (χ1) is 15.2. The quantitative estimate of drug-likeness (QED) is 0.265. The third-order valence-electron chi connectivity index (χ3n) is 5.57. The maximum Gasteiger partial charge on any atom is 0.406 e. The molecule has 2 aromatic heterocycles. The molecule has 174 valence electrons. The molecule has 3 N–H and O–H groups in total. The van der Waals surface area contributed by atoms with Crippen molar-refractivity contribution in [2.45, 2.75) is 64.1 Å². The number of ether oxygens (including phenoxy) is 2. The molecule has 2 aromatic rings. The van der Waals surface area contributed by atoms with Gasteiger partial charge in [0, 0.05) is 11.0 Å². The highest BCUT2D eigenvalue weighted by Crippen LogP contribution is 2.57. The van der Waals surface area contributed by atoms with Gasteiger partial charge in [0.25, 0.3) is 0 Å². The first kappa shape index (κ1) is 22.7. The van der Waals surface area contributed by atoms with Crippen LogP contribution in [-0.4, -0.2) is 56.5 Å². The zero-order chi connectivity index (χ0) is 23.1. The summed E-state index contributed by atoms with van der Waals surface area (Å²) < 4.78 is 37.9. The van der Waals surface area contributed by atoms with Crippen LogP contribution in [0.25, 0.3) is 21.6 Å². The van der Waals surface area contributed by atoms with Crippen LogP contribution in [0, 0.1) is 0 Å². The van der Waals surface area contributed by atoms with Crippen molar-refractivity contribution in [3.8, 4) is 5.88 Å². The van der Waals surface area contributed by atoms with E-state index in [1.54, 1.807) is 11.5 Å². The van der Waals surface area contributed by atoms with Gasteiger partial charge in [0.15, 0.2) is 17.4 Å². The van der Waals surface area contributed by atoms with Crippen LogP contribution in [0.4, 0.5) is 5.95 Å². The number of nitrogen functional groups attached to an aromatic ring is 1. The van der Waals surface area contributed by atoms with Gasteiger partial charge in [0.2, 0.25) is 11.8 Å². The molecule has 4 heterocycles. The summed E-state index contributed by atoms with van der Waals surface area (Å²) in [5.74, 6) is 0.224. The molecule has 15 heteroatoms. The maximum atomic E-state index is 13.2. The minimum absolute atomic E-state index is 0.00757. The van der Waals surface area contributed by atoms with Crippen LogP contribution in [0.2, 0.25) is 0 Å². The summed E-state index contributed by atoms with van der Waals surface area (Å²) in [5, 5.41) is 6.90. The summed E-state index contributed by atoms with van der Waals surface area (Å²) in [5.41, 5.74) is 14.6. The van der Waals surface area contributed by atoms with E-state index >= 15 is 0 Å². The maximum absolute atomic E-state index is 13.2. The molecule has 0 aromatic carbocycles. The standard InChI is InChI=1S/C17H26N9O5P/c1-5-9(3)23-32(27)29-7-10-12(31-32)17(4,24-25-19)15(30-10)26-8-20-11-13(26)21-16(18)22-14(11)28-6-2/h8-10,12,15H,5-7H2,1-4H3,(H,23,27)(H2,18,21,22)/t9-,10+,12+,15+,17+,32?/m0/s1. The highest BCUT2D eigenvalue weighted by molar-refractivity contribution is 7.51. The lowest BCUT2D eigenvalue weighted by molar-refractivity contribution is -0.0588. The van der Waals surface area contributed by atoms with Gasteiger partial charge in [-0.15, -0.1) is 0 Å². The number of fused-ring (bicyclic) bond motifs is 2. The van der Waals surface area contributed by atoms with Crippen LogP contribution in [0.1, 0.15) is 40.3 Å². The molecule has 2 fully saturated rings. The fraction of sp³-hybridized carbons (Fsp3) is 0.706. The lowest BCUT2D eigenvalue weighted by atomic mass is 9.93. The number of aromatic nitrogens is 4. The van der Waals surface area contributed by atoms with Crippen molar-refractivity contribution < 1.29 is 23.1 Å². The van der Waals surface area contributed by atoms with Gasteiger partial charge < -0.3 is 15.2 Å². The van der Waals surface area contributed by atoms with Gasteiger partial charge in [-0.3, -0.25) is 13.6 Å². The molecule has 0 spiro atoms. The topological polar surface area (TPSA) is 184 Å². The monoisotopic (exact) mass is 467 g/mol. The van der Waals surface area contributed by atoms with Crippen molar-refractivity contribution in [2.75, 3.05) is 18.9 Å². The van der Waals surface area contributed by atoms with E-state index in [1.807, 2.05) is 20.8 Å². The molecule has 0 amide bonds. The minimum atomic E-state index is -3.64. The lowest BCUT2D eigenvalue weighted by Gasteiger charge is -2.37. The van der Waals surface area contributed by atoms with E-state index in [2.05, 4.69) is 30.1 Å². The molecule has 1 unspecified atom stereocenters. The van der Waals surface area contributed by atoms with Crippen LogP contribution in [0.5, 0.6) is 5.88 Å². The van der Waals surface area contributed by atoms with Crippen LogP contribution in [0.15, 0.2) is 11.4 Å². The summed E-state index contributed by atoms with van der Waals surface area (Å²) in [4.78, 5) is 15.7. The van der Waals surface area contributed by atoms with Crippen molar-refractivity contribution in [3.05, 3.63) is 16.8 Å². The number of azide groups is 1. The third-order valence-corrected chi connectivity index (χ3v) is 7.32. The van der Waals surface area contributed by atoms with E-state index < -0.39 is 31.7 Å². The Labute approximate surface area is 184 Å². The zero-order valence-corrected chi connectivity index (χ0v) is 19.1. The molecule has 2 saturated heterocycles. The second-order valence-corrected chi connectivity index (χ2v) is 9.57. The SMILES string of the molecule is CCOc1nc(N)nc2c1ncn2[C@@H]1O[C@@H]2COP(=O)(N[C@@H](C)CC)O[C@H]2[C@@]1(C)N=[N+]=[N-]. The van der Waals surface area contributed by atoms with E-state index in [9.17, 15) is 10.1 Å². The summed E-state index contributed by atoms with van der Waals surface area (Å²) in [7, 11) is -3.64. The van der Waals surface area contributed by atoms with Gasteiger partial charge in [0.1, 0.15) is 17.7 Å². The molecule has 4 rings (SSSR count). The number of rotatable bonds is 7. The smallest absolute Gasteiger partial charge is 0.406 e. The van der Waals surface area contributed by atoms with Crippen LogP contribution in [-0.2, 0) is 18.3 Å². The molecular weight excluding hydrogens is 441 g/mol. The Morgan fingerprint density at radius 2 is 2.31 bits per heavy atom. The van der Waals surface area contributed by atoms with Gasteiger partial charge in [0.05, 0.1) is 19.5 Å². The third kappa shape index (κ3) is 3.79. The molecule has 0 saturated carbocycles. The van der Waals surface area contributed by atoms with E-state index in [0.29, 0.717) is 17.8 Å². The highest BCUT2D eigenvalue weighted by atomic mass is 31.2. The average molecular weight is 467 g/mol. The van der Waals surface area contributed by atoms with E-state index in [0.717, 1.165) is 6.42 Å². The first-order valence-electron chi connectivity index (χ1n) is 10.3. The van der Waals surface area contributed by atoms with Crippen molar-refractivity contribution >= 4 is 24.9 Å². The van der Waals surface area contributed by atoms with Gasteiger partial charge in [-0.25, -0.2) is 14.6 Å². The van der Waals surface area contributed by atoms with E-state index in [4.69, 9.17) is 24.3 Å². The Balaban J connectivity index is 1.75. The van der Waals surface area contributed by atoms with Crippen LogP contribution in [0.3, 0.4) is 0 Å². The molecule has 0 aliphatic carbocycles. The summed E-state index contributed by atoms with van der Waals surface area (Å²) >= 11 is 0. The molecule has 0 radical (unpaired) electrons. The van der Waals surface area contributed by atoms with Crippen molar-refractivity contribution in [2.24, 2.45) is 5.11 Å². The normalized spacial score (nSPS) is 32.9. The summed E-state index contributed by atoms with van der Waals surface area (Å²) in [6.45, 7) is 7.66. The predicted octanol–water partition coefficient (Wildman–Crippen LogP) is 2.69. The number of hydrogen-bond donors (Lipinski definition) is 2. The van der Waals surface area contributed by atoms with E-state index in [1.165, 1.54) is 6.33 Å². The number of nitrogens with one attached hydrogen (secondary N) is 1. The Hall–Kier alpha value is -2.47. The molecule has 14 nitrogen and oxygen atoms in total. The fourth-order valence-electron chi connectivity index (χ4n) is 3.84. The number of hydrogen-bond acceptors (Lipinski definition) is 10. The Morgan fingerprint density at radius 1 is 1.53 bits per heavy atom. The van der Waals surface area contributed by atoms with Gasteiger partial charge >= 0.3 is 7.75 Å². The largest absolute Gasteiger partial charge is 0.476 e. The zero-order valence-electron chi connectivity index (χ0n) is 18.2. The van der Waals surface area contributed by atoms with Crippen LogP contribution < -0.4 is 15.6 Å². The minimum Gasteiger partial charge on any atom is -0.476 e. The Kier molecular flexibility index (Phi) is 6.01. The van der Waals surface area contributed by atoms with Gasteiger partial charge in [-0.05, 0) is 32.7 Å². The van der Waals surface area contributed by atoms with Crippen molar-refractivity contribution in [3.63, 3.8) is 0 Å². The fourth-order valence-corrected chi connectivity index (χ4v) is 5.75. The number of nitrogens with zero attached hydrogens (tertiary/aromatic N) is 7. The number of nitrogens with two attached hydrogens (primary N) is 1. The Bertz CT molecular complexity index is 1110. The number of anilines is 1. The second-order valence-electron chi connectivity index (χ2n) is 7.84. The molecular formula is C17H26N9O5P. The summed E-state index contributed by atoms with van der Waals surface area (Å²) in [6, 6.07) is -0.101. The number of imidazole rings is 1. The summed E-state index contributed by atoms with van der Waals surface area (Å²) in [6.07, 6.45) is -0.170. The Morgan fingerprint density at radius 3 is 3.00 bits per heavy atom. The second kappa shape index (κ2) is 8.47. The van der Waals surface area contributed by atoms with Crippen LogP contribution >= 0.6 is 7.75 Å². The first-order valence-corrected chi connectivity index (χ1v) is 11.8. The molecule has 6 atom stereocenters. The average Bonchev–Trinajstić information content (AvgIpc) is 3.27. The molecule has 2 aliphatic rings.